The number of hydrogen-bond acceptors (Lipinski definition) is 3. The van der Waals surface area contributed by atoms with Crippen LogP contribution in [0.3, 0.4) is 0 Å². The second-order valence-electron chi connectivity index (χ2n) is 8.06. The topological polar surface area (TPSA) is 66.8 Å². The third-order valence-electron chi connectivity index (χ3n) is 5.17. The van der Waals surface area contributed by atoms with Crippen LogP contribution >= 0.6 is 15.9 Å². The monoisotopic (exact) mass is 409 g/mol. The van der Waals surface area contributed by atoms with Gasteiger partial charge in [0.1, 0.15) is 5.60 Å². The van der Waals surface area contributed by atoms with Crippen LogP contribution < -0.4 is 0 Å². The van der Waals surface area contributed by atoms with Crippen LogP contribution in [-0.4, -0.2) is 40.8 Å². The van der Waals surface area contributed by atoms with Crippen molar-refractivity contribution < 1.29 is 19.4 Å². The highest BCUT2D eigenvalue weighted by atomic mass is 79.9. The normalized spacial score (nSPS) is 25.8. The number of aliphatic carboxylic acids is 1. The van der Waals surface area contributed by atoms with E-state index < -0.39 is 29.0 Å². The van der Waals surface area contributed by atoms with Crippen molar-refractivity contribution in [2.24, 2.45) is 5.92 Å². The SMILES string of the molecule is CC(C)(C)OC(=O)N1CC(C(=O)O)C2(CCCc3cc(Br)ccc32)C1. The molecule has 0 radical (unpaired) electrons. The number of carboxylic acid groups (broad SMARTS) is 1. The number of hydrogen-bond donors (Lipinski definition) is 1. The fourth-order valence-electron chi connectivity index (χ4n) is 4.20. The van der Waals surface area contributed by atoms with Crippen LogP contribution in [0.1, 0.15) is 44.7 Å². The van der Waals surface area contributed by atoms with Gasteiger partial charge in [0.2, 0.25) is 0 Å². The maximum Gasteiger partial charge on any atom is 0.410 e. The number of carbonyl (C=O) groups excluding carboxylic acids is 1. The van der Waals surface area contributed by atoms with E-state index in [0.29, 0.717) is 6.54 Å². The molecular formula is C19H24BrNO4. The molecule has 2 atom stereocenters. The number of halogens is 1. The lowest BCUT2D eigenvalue weighted by atomic mass is 9.64. The lowest BCUT2D eigenvalue weighted by molar-refractivity contribution is -0.143. The van der Waals surface area contributed by atoms with Crippen molar-refractivity contribution in [3.05, 3.63) is 33.8 Å². The zero-order chi connectivity index (χ0) is 18.4. The van der Waals surface area contributed by atoms with E-state index in [1.807, 2.05) is 32.9 Å². The molecular weight excluding hydrogens is 386 g/mol. The highest BCUT2D eigenvalue weighted by Crippen LogP contribution is 2.48. The van der Waals surface area contributed by atoms with E-state index >= 15 is 0 Å². The lowest BCUT2D eigenvalue weighted by Gasteiger charge is -2.38. The van der Waals surface area contributed by atoms with E-state index in [1.54, 1.807) is 4.90 Å². The van der Waals surface area contributed by atoms with Crippen LogP contribution in [0.15, 0.2) is 22.7 Å². The molecule has 1 N–H and O–H groups in total. The Morgan fingerprint density at radius 1 is 1.36 bits per heavy atom. The first kappa shape index (κ1) is 18.2. The minimum Gasteiger partial charge on any atom is -0.481 e. The van der Waals surface area contributed by atoms with Crippen molar-refractivity contribution in [1.82, 2.24) is 4.90 Å². The van der Waals surface area contributed by atoms with Gasteiger partial charge in [0.05, 0.1) is 5.92 Å². The number of carbonyl (C=O) groups is 2. The number of rotatable bonds is 1. The van der Waals surface area contributed by atoms with Gasteiger partial charge in [-0.3, -0.25) is 4.79 Å². The summed E-state index contributed by atoms with van der Waals surface area (Å²) in [4.78, 5) is 26.1. The predicted octanol–water partition coefficient (Wildman–Crippen LogP) is 3.97. The van der Waals surface area contributed by atoms with Crippen molar-refractivity contribution in [3.8, 4) is 0 Å². The van der Waals surface area contributed by atoms with Gasteiger partial charge in [0.25, 0.3) is 0 Å². The lowest BCUT2D eigenvalue weighted by Crippen LogP contribution is -2.42. The van der Waals surface area contributed by atoms with Crippen LogP contribution in [0.2, 0.25) is 0 Å². The second-order valence-corrected chi connectivity index (χ2v) is 8.98. The van der Waals surface area contributed by atoms with E-state index in [-0.39, 0.29) is 6.54 Å². The number of carboxylic acids is 1. The van der Waals surface area contributed by atoms with Gasteiger partial charge in [0.15, 0.2) is 0 Å². The molecule has 1 heterocycles. The third-order valence-corrected chi connectivity index (χ3v) is 5.66. The van der Waals surface area contributed by atoms with Crippen LogP contribution in [-0.2, 0) is 21.4 Å². The Balaban J connectivity index is 1.98. The minimum absolute atomic E-state index is 0.194. The zero-order valence-corrected chi connectivity index (χ0v) is 16.4. The molecule has 25 heavy (non-hydrogen) atoms. The summed E-state index contributed by atoms with van der Waals surface area (Å²) in [7, 11) is 0. The van der Waals surface area contributed by atoms with Gasteiger partial charge >= 0.3 is 12.1 Å². The number of aryl methyl sites for hydroxylation is 1. The highest BCUT2D eigenvalue weighted by Gasteiger charge is 2.54. The number of likely N-dealkylation sites (tertiary alicyclic amines) is 1. The maximum atomic E-state index is 12.5. The summed E-state index contributed by atoms with van der Waals surface area (Å²) in [5.74, 6) is -1.46. The fourth-order valence-corrected chi connectivity index (χ4v) is 4.61. The molecule has 0 saturated carbocycles. The van der Waals surface area contributed by atoms with Gasteiger partial charge in [-0.2, -0.15) is 0 Å². The molecule has 1 saturated heterocycles. The Labute approximate surface area is 156 Å². The van der Waals surface area contributed by atoms with Crippen molar-refractivity contribution in [1.29, 1.82) is 0 Å². The van der Waals surface area contributed by atoms with E-state index in [0.717, 1.165) is 29.3 Å². The van der Waals surface area contributed by atoms with Crippen molar-refractivity contribution >= 4 is 28.0 Å². The van der Waals surface area contributed by atoms with E-state index in [4.69, 9.17) is 4.74 Å². The zero-order valence-electron chi connectivity index (χ0n) is 14.8. The molecule has 1 aliphatic heterocycles. The number of fused-ring (bicyclic) bond motifs is 2. The van der Waals surface area contributed by atoms with Crippen LogP contribution in [0, 0.1) is 5.92 Å². The molecule has 3 rings (SSSR count). The van der Waals surface area contributed by atoms with Crippen LogP contribution in [0.5, 0.6) is 0 Å². The molecule has 0 bridgehead atoms. The molecule has 1 aromatic carbocycles. The van der Waals surface area contributed by atoms with Gasteiger partial charge < -0.3 is 14.7 Å². The summed E-state index contributed by atoms with van der Waals surface area (Å²) in [6.45, 7) is 6.05. The fraction of sp³-hybridized carbons (Fsp3) is 0.579. The Hall–Kier alpha value is -1.56. The van der Waals surface area contributed by atoms with Gasteiger partial charge in [-0.15, -0.1) is 0 Å². The molecule has 2 aliphatic rings. The summed E-state index contributed by atoms with van der Waals surface area (Å²) in [5.41, 5.74) is 1.12. The van der Waals surface area contributed by atoms with Gasteiger partial charge in [-0.05, 0) is 63.3 Å². The first-order chi connectivity index (χ1) is 11.6. The molecule has 0 aromatic heterocycles. The second kappa shape index (κ2) is 6.31. The Bertz CT molecular complexity index is 712. The smallest absolute Gasteiger partial charge is 0.410 e. The molecule has 1 spiro atoms. The third kappa shape index (κ3) is 3.41. The highest BCUT2D eigenvalue weighted by molar-refractivity contribution is 9.10. The molecule has 1 aliphatic carbocycles. The predicted molar refractivity (Wildman–Crippen MR) is 97.7 cm³/mol. The first-order valence-electron chi connectivity index (χ1n) is 8.62. The molecule has 1 aromatic rings. The summed E-state index contributed by atoms with van der Waals surface area (Å²) >= 11 is 3.50. The molecule has 6 heteroatoms. The van der Waals surface area contributed by atoms with Crippen molar-refractivity contribution in [2.75, 3.05) is 13.1 Å². The van der Waals surface area contributed by atoms with Crippen molar-refractivity contribution in [3.63, 3.8) is 0 Å². The Morgan fingerprint density at radius 2 is 2.08 bits per heavy atom. The molecule has 2 unspecified atom stereocenters. The summed E-state index contributed by atoms with van der Waals surface area (Å²) in [5, 5.41) is 9.85. The van der Waals surface area contributed by atoms with Gasteiger partial charge in [0, 0.05) is 23.0 Å². The Kier molecular flexibility index (Phi) is 4.60. The quantitative estimate of drug-likeness (QED) is 0.761. The van der Waals surface area contributed by atoms with E-state index in [2.05, 4.69) is 22.0 Å². The molecule has 1 amide bonds. The van der Waals surface area contributed by atoms with Gasteiger partial charge in [-0.1, -0.05) is 22.0 Å². The van der Waals surface area contributed by atoms with Crippen molar-refractivity contribution in [2.45, 2.75) is 51.0 Å². The van der Waals surface area contributed by atoms with Crippen LogP contribution in [0.4, 0.5) is 4.79 Å². The maximum absolute atomic E-state index is 12.5. The average molecular weight is 410 g/mol. The number of ether oxygens (including phenoxy) is 1. The minimum atomic E-state index is -0.846. The van der Waals surface area contributed by atoms with Crippen LogP contribution in [0.25, 0.3) is 0 Å². The van der Waals surface area contributed by atoms with E-state index in [1.165, 1.54) is 5.56 Å². The van der Waals surface area contributed by atoms with Gasteiger partial charge in [-0.25, -0.2) is 4.79 Å². The molecule has 5 nitrogen and oxygen atoms in total. The molecule has 1 fully saturated rings. The standard InChI is InChI=1S/C19H24BrNO4/c1-18(2,3)25-17(24)21-10-15(16(22)23)19(11-21)8-4-5-12-9-13(20)6-7-14(12)19/h6-7,9,15H,4-5,8,10-11H2,1-3H3,(H,22,23). The first-order valence-corrected chi connectivity index (χ1v) is 9.41. The largest absolute Gasteiger partial charge is 0.481 e. The summed E-state index contributed by atoms with van der Waals surface area (Å²) in [6, 6.07) is 6.05. The number of benzene rings is 1. The van der Waals surface area contributed by atoms with E-state index in [9.17, 15) is 14.7 Å². The average Bonchev–Trinajstić information content (AvgIpc) is 2.86. The number of nitrogens with zero attached hydrogens (tertiary/aromatic N) is 1. The summed E-state index contributed by atoms with van der Waals surface area (Å²) < 4.78 is 6.47. The Morgan fingerprint density at radius 3 is 2.72 bits per heavy atom. The number of amides is 1. The molecule has 136 valence electrons. The summed E-state index contributed by atoms with van der Waals surface area (Å²) in [6.07, 6.45) is 2.21.